The van der Waals surface area contributed by atoms with Crippen LogP contribution in [0.3, 0.4) is 0 Å². The van der Waals surface area contributed by atoms with E-state index in [1.54, 1.807) is 0 Å². The zero-order chi connectivity index (χ0) is 16.5. The summed E-state index contributed by atoms with van der Waals surface area (Å²) in [5.74, 6) is 0. The van der Waals surface area contributed by atoms with Crippen molar-refractivity contribution in [3.63, 3.8) is 0 Å². The Balaban J connectivity index is 2.10. The minimum absolute atomic E-state index is 0.108. The molecule has 4 rings (SSSR count). The second-order valence-electron chi connectivity index (χ2n) is 6.03. The highest BCUT2D eigenvalue weighted by atomic mass is 31.1. The largest absolute Gasteiger partial charge is 0.309 e. The Kier molecular flexibility index (Phi) is 4.12. The molecule has 2 heteroatoms. The average molecular weight is 331 g/mol. The summed E-state index contributed by atoms with van der Waals surface area (Å²) in [5.41, 5.74) is 3.95. The van der Waals surface area contributed by atoms with Gasteiger partial charge >= 0.3 is 0 Å². The molecule has 0 spiro atoms. The van der Waals surface area contributed by atoms with E-state index in [1.165, 1.54) is 45.1 Å². The predicted octanol–water partition coefficient (Wildman–Crippen LogP) is 5.93. The molecule has 0 unspecified atom stereocenters. The summed E-state index contributed by atoms with van der Waals surface area (Å²) in [6, 6.07) is 26.5. The van der Waals surface area contributed by atoms with E-state index in [1.807, 2.05) is 0 Å². The standard InChI is InChI=1S/C22H22NP/c1-3-24(4-2)22-16-10-9-15-21(22)23-19-13-7-5-11-17(19)18-12-6-8-14-20(18)23/h5-16H,3-4H2,1-2H3. The number of aromatic nitrogens is 1. The van der Waals surface area contributed by atoms with Crippen LogP contribution in [0, 0.1) is 0 Å². The van der Waals surface area contributed by atoms with Crippen LogP contribution >= 0.6 is 7.92 Å². The number of nitrogens with zero attached hydrogens (tertiary/aromatic N) is 1. The maximum atomic E-state index is 2.46. The van der Waals surface area contributed by atoms with Gasteiger partial charge < -0.3 is 4.57 Å². The van der Waals surface area contributed by atoms with E-state index in [0.717, 1.165) is 0 Å². The maximum absolute atomic E-state index is 2.46. The highest BCUT2D eigenvalue weighted by molar-refractivity contribution is 7.65. The predicted molar refractivity (Wildman–Crippen MR) is 108 cm³/mol. The minimum Gasteiger partial charge on any atom is -0.309 e. The van der Waals surface area contributed by atoms with E-state index in [9.17, 15) is 0 Å². The highest BCUT2D eigenvalue weighted by Crippen LogP contribution is 2.38. The van der Waals surface area contributed by atoms with Crippen molar-refractivity contribution in [2.45, 2.75) is 13.8 Å². The minimum atomic E-state index is -0.108. The molecule has 0 amide bonds. The quantitative estimate of drug-likeness (QED) is 0.408. The Labute approximate surface area is 144 Å². The number of hydrogen-bond donors (Lipinski definition) is 0. The summed E-state index contributed by atoms with van der Waals surface area (Å²) in [5, 5.41) is 4.18. The van der Waals surface area contributed by atoms with Crippen molar-refractivity contribution < 1.29 is 0 Å². The normalized spacial score (nSPS) is 11.6. The SMILES string of the molecule is CCP(CC)c1ccccc1-n1c2ccccc2c2ccccc21. The molecule has 3 aromatic carbocycles. The van der Waals surface area contributed by atoms with E-state index in [2.05, 4.69) is 91.2 Å². The summed E-state index contributed by atoms with van der Waals surface area (Å²) in [6.45, 7) is 4.63. The van der Waals surface area contributed by atoms with Crippen molar-refractivity contribution >= 4 is 35.0 Å². The van der Waals surface area contributed by atoms with Crippen molar-refractivity contribution in [2.24, 2.45) is 0 Å². The fraction of sp³-hybridized carbons (Fsp3) is 0.182. The average Bonchev–Trinajstić information content (AvgIpc) is 2.98. The third-order valence-corrected chi connectivity index (χ3v) is 7.39. The topological polar surface area (TPSA) is 4.93 Å². The number of para-hydroxylation sites is 3. The fourth-order valence-electron chi connectivity index (χ4n) is 3.67. The summed E-state index contributed by atoms with van der Waals surface area (Å²) >= 11 is 0. The molecule has 0 bridgehead atoms. The molecule has 4 aromatic rings. The Bertz CT molecular complexity index is 942. The zero-order valence-corrected chi connectivity index (χ0v) is 15.1. The van der Waals surface area contributed by atoms with Gasteiger partial charge in [-0.25, -0.2) is 0 Å². The monoisotopic (exact) mass is 331 g/mol. The molecule has 0 aliphatic rings. The van der Waals surface area contributed by atoms with Crippen molar-refractivity contribution in [2.75, 3.05) is 12.3 Å². The van der Waals surface area contributed by atoms with Crippen LogP contribution in [0.15, 0.2) is 72.8 Å². The van der Waals surface area contributed by atoms with Gasteiger partial charge in [0.25, 0.3) is 0 Å². The lowest BCUT2D eigenvalue weighted by Gasteiger charge is -2.20. The molecule has 0 aliphatic carbocycles. The van der Waals surface area contributed by atoms with Gasteiger partial charge in [0.1, 0.15) is 0 Å². The van der Waals surface area contributed by atoms with E-state index >= 15 is 0 Å². The molecular formula is C22H22NP. The summed E-state index contributed by atoms with van der Waals surface area (Å²) in [7, 11) is -0.108. The van der Waals surface area contributed by atoms with Crippen molar-refractivity contribution in [1.82, 2.24) is 4.57 Å². The van der Waals surface area contributed by atoms with E-state index < -0.39 is 0 Å². The van der Waals surface area contributed by atoms with Gasteiger partial charge in [-0.05, 0) is 35.8 Å². The van der Waals surface area contributed by atoms with Gasteiger partial charge in [0.15, 0.2) is 0 Å². The molecule has 0 N–H and O–H groups in total. The van der Waals surface area contributed by atoms with Gasteiger partial charge in [-0.1, -0.05) is 76.4 Å². The Morgan fingerprint density at radius 1 is 0.667 bits per heavy atom. The molecule has 0 saturated carbocycles. The van der Waals surface area contributed by atoms with Crippen LogP contribution in [0.2, 0.25) is 0 Å². The third kappa shape index (κ3) is 2.36. The van der Waals surface area contributed by atoms with Crippen molar-refractivity contribution in [3.8, 4) is 5.69 Å². The summed E-state index contributed by atoms with van der Waals surface area (Å²) in [4.78, 5) is 0. The first-order chi connectivity index (χ1) is 11.8. The molecule has 120 valence electrons. The van der Waals surface area contributed by atoms with Crippen LogP contribution in [0.1, 0.15) is 13.8 Å². The van der Waals surface area contributed by atoms with Gasteiger partial charge in [0, 0.05) is 10.8 Å². The van der Waals surface area contributed by atoms with Crippen LogP contribution < -0.4 is 5.30 Å². The van der Waals surface area contributed by atoms with E-state index in [-0.39, 0.29) is 7.92 Å². The van der Waals surface area contributed by atoms with Crippen LogP contribution in [-0.4, -0.2) is 16.9 Å². The maximum Gasteiger partial charge on any atom is 0.0541 e. The molecule has 24 heavy (non-hydrogen) atoms. The lowest BCUT2D eigenvalue weighted by Crippen LogP contribution is -2.12. The molecule has 0 atom stereocenters. The molecule has 0 radical (unpaired) electrons. The molecule has 0 saturated heterocycles. The summed E-state index contributed by atoms with van der Waals surface area (Å²) < 4.78 is 2.46. The first-order valence-electron chi connectivity index (χ1n) is 8.67. The molecule has 0 aliphatic heterocycles. The van der Waals surface area contributed by atoms with Crippen LogP contribution in [0.5, 0.6) is 0 Å². The number of benzene rings is 3. The Hall–Kier alpha value is -2.11. The van der Waals surface area contributed by atoms with E-state index in [0.29, 0.717) is 0 Å². The second-order valence-corrected chi connectivity index (χ2v) is 8.86. The van der Waals surface area contributed by atoms with Crippen LogP contribution in [0.4, 0.5) is 0 Å². The number of fused-ring (bicyclic) bond motifs is 3. The van der Waals surface area contributed by atoms with Crippen molar-refractivity contribution in [1.29, 1.82) is 0 Å². The Morgan fingerprint density at radius 2 is 1.17 bits per heavy atom. The van der Waals surface area contributed by atoms with Crippen LogP contribution in [0.25, 0.3) is 27.5 Å². The first-order valence-corrected chi connectivity index (χ1v) is 10.4. The smallest absolute Gasteiger partial charge is 0.0541 e. The molecule has 1 nitrogen and oxygen atoms in total. The number of hydrogen-bond acceptors (Lipinski definition) is 0. The highest BCUT2D eigenvalue weighted by Gasteiger charge is 2.16. The number of rotatable bonds is 4. The molecule has 0 fully saturated rings. The van der Waals surface area contributed by atoms with Crippen LogP contribution in [-0.2, 0) is 0 Å². The van der Waals surface area contributed by atoms with Gasteiger partial charge in [-0.3, -0.25) is 0 Å². The van der Waals surface area contributed by atoms with E-state index in [4.69, 9.17) is 0 Å². The Morgan fingerprint density at radius 3 is 1.75 bits per heavy atom. The van der Waals surface area contributed by atoms with Gasteiger partial charge in [0.05, 0.1) is 16.7 Å². The van der Waals surface area contributed by atoms with Gasteiger partial charge in [-0.2, -0.15) is 0 Å². The molecule has 1 heterocycles. The molecular weight excluding hydrogens is 309 g/mol. The van der Waals surface area contributed by atoms with Crippen molar-refractivity contribution in [3.05, 3.63) is 72.8 Å². The van der Waals surface area contributed by atoms with Gasteiger partial charge in [0.2, 0.25) is 0 Å². The third-order valence-electron chi connectivity index (χ3n) is 4.81. The fourth-order valence-corrected chi connectivity index (χ4v) is 5.59. The first kappa shape index (κ1) is 15.4. The molecule has 1 aromatic heterocycles. The summed E-state index contributed by atoms with van der Waals surface area (Å²) in [6.07, 6.45) is 2.47. The van der Waals surface area contributed by atoms with Gasteiger partial charge in [-0.15, -0.1) is 0 Å². The lowest BCUT2D eigenvalue weighted by atomic mass is 10.2. The zero-order valence-electron chi connectivity index (χ0n) is 14.2. The lowest BCUT2D eigenvalue weighted by molar-refractivity contribution is 1.19. The second kappa shape index (κ2) is 6.42.